The molecule has 0 aromatic carbocycles. The minimum atomic E-state index is -3.84. The van der Waals surface area contributed by atoms with E-state index in [1.807, 2.05) is 0 Å². The van der Waals surface area contributed by atoms with Gasteiger partial charge in [-0.2, -0.15) is 5.26 Å². The van der Waals surface area contributed by atoms with Gasteiger partial charge in [-0.1, -0.05) is 12.8 Å². The molecule has 1 saturated carbocycles. The molecule has 2 aliphatic heterocycles. The number of phosphoric acid groups is 1. The first-order valence-corrected chi connectivity index (χ1v) is 10.3. The van der Waals surface area contributed by atoms with E-state index in [1.54, 1.807) is 6.92 Å². The Balaban J connectivity index is 1.63. The molecule has 0 radical (unpaired) electrons. The van der Waals surface area contributed by atoms with Crippen LogP contribution < -0.4 is 11.2 Å². The molecule has 1 aliphatic carbocycles. The van der Waals surface area contributed by atoms with E-state index >= 15 is 0 Å². The zero-order valence-corrected chi connectivity index (χ0v) is 15.6. The number of H-pyrrole nitrogens is 1. The Bertz CT molecular complexity index is 931. The standard InChI is InChI=1S/C16H20N3O7P/c1-16(9-17)13-11(24-14(16)19-7-6-12(20)18-15(19)21)8-23-27(22,26-13)25-10-4-2-3-5-10/h6-7,10-11,13-14H,2-5,8H2,1H3,(H,18,20,21)/t11-,13-,14-,16-,27?/m1/s1. The maximum atomic E-state index is 12.9. The fourth-order valence-electron chi connectivity index (χ4n) is 3.86. The van der Waals surface area contributed by atoms with Gasteiger partial charge in [0.1, 0.15) is 17.6 Å². The summed E-state index contributed by atoms with van der Waals surface area (Å²) in [5.74, 6) is 0. The molecule has 146 valence electrons. The topological polar surface area (TPSA) is 133 Å². The van der Waals surface area contributed by atoms with Crippen LogP contribution in [0.25, 0.3) is 0 Å². The van der Waals surface area contributed by atoms with Crippen LogP contribution in [-0.2, 0) is 22.9 Å². The summed E-state index contributed by atoms with van der Waals surface area (Å²) in [6.45, 7) is 1.48. The van der Waals surface area contributed by atoms with Gasteiger partial charge in [0.15, 0.2) is 6.23 Å². The molecule has 1 aromatic heterocycles. The van der Waals surface area contributed by atoms with Crippen LogP contribution >= 0.6 is 7.82 Å². The quantitative estimate of drug-likeness (QED) is 0.758. The lowest BCUT2D eigenvalue weighted by Crippen LogP contribution is -2.43. The van der Waals surface area contributed by atoms with Gasteiger partial charge in [-0.25, -0.2) is 9.36 Å². The van der Waals surface area contributed by atoms with Gasteiger partial charge >= 0.3 is 13.5 Å². The largest absolute Gasteiger partial charge is 0.475 e. The number of aromatic amines is 1. The third-order valence-corrected chi connectivity index (χ3v) is 6.82. The third-order valence-electron chi connectivity index (χ3n) is 5.31. The highest BCUT2D eigenvalue weighted by molar-refractivity contribution is 7.48. The van der Waals surface area contributed by atoms with Crippen LogP contribution in [0.4, 0.5) is 0 Å². The van der Waals surface area contributed by atoms with Crippen molar-refractivity contribution in [3.05, 3.63) is 33.1 Å². The van der Waals surface area contributed by atoms with Crippen LogP contribution in [0.2, 0.25) is 0 Å². The lowest BCUT2D eigenvalue weighted by molar-refractivity contribution is -0.0760. The first-order valence-electron chi connectivity index (χ1n) is 8.84. The first-order chi connectivity index (χ1) is 12.8. The molecule has 0 bridgehead atoms. The van der Waals surface area contributed by atoms with Crippen molar-refractivity contribution in [2.45, 2.75) is 57.1 Å². The summed E-state index contributed by atoms with van der Waals surface area (Å²) < 4.78 is 36.5. The third kappa shape index (κ3) is 3.20. The molecule has 1 unspecified atom stereocenters. The molecule has 11 heteroatoms. The number of nitrogens with one attached hydrogen (secondary N) is 1. The van der Waals surface area contributed by atoms with E-state index in [0.29, 0.717) is 0 Å². The summed E-state index contributed by atoms with van der Waals surface area (Å²) >= 11 is 0. The van der Waals surface area contributed by atoms with Crippen molar-refractivity contribution in [2.24, 2.45) is 5.41 Å². The summed E-state index contributed by atoms with van der Waals surface area (Å²) in [5, 5.41) is 9.83. The monoisotopic (exact) mass is 397 g/mol. The number of ether oxygens (including phenoxy) is 1. The molecule has 2 saturated heterocycles. The van der Waals surface area contributed by atoms with E-state index in [1.165, 1.54) is 6.20 Å². The van der Waals surface area contributed by atoms with Crippen LogP contribution in [0, 0.1) is 16.7 Å². The second-order valence-corrected chi connectivity index (χ2v) is 8.79. The Morgan fingerprint density at radius 3 is 2.81 bits per heavy atom. The molecule has 27 heavy (non-hydrogen) atoms. The van der Waals surface area contributed by atoms with Crippen LogP contribution in [0.3, 0.4) is 0 Å². The van der Waals surface area contributed by atoms with E-state index in [-0.39, 0.29) is 12.7 Å². The molecule has 1 aromatic rings. The molecule has 10 nitrogen and oxygen atoms in total. The Kier molecular flexibility index (Phi) is 4.61. The van der Waals surface area contributed by atoms with Crippen molar-refractivity contribution < 1.29 is 22.9 Å². The fourth-order valence-corrected chi connectivity index (χ4v) is 5.57. The predicted octanol–water partition coefficient (Wildman–Crippen LogP) is 1.45. The molecule has 3 fully saturated rings. The Labute approximate surface area is 154 Å². The first kappa shape index (κ1) is 18.6. The van der Waals surface area contributed by atoms with E-state index in [0.717, 1.165) is 36.3 Å². The normalized spacial score (nSPS) is 39.2. The van der Waals surface area contributed by atoms with Gasteiger partial charge in [-0.15, -0.1) is 0 Å². The average Bonchev–Trinajstić information content (AvgIpc) is 3.22. The van der Waals surface area contributed by atoms with Gasteiger partial charge in [0.25, 0.3) is 5.56 Å². The molecule has 5 atom stereocenters. The molecule has 3 aliphatic rings. The summed E-state index contributed by atoms with van der Waals surface area (Å²) in [6, 6.07) is 3.29. The van der Waals surface area contributed by atoms with E-state index in [9.17, 15) is 19.4 Å². The van der Waals surface area contributed by atoms with Gasteiger partial charge in [-0.05, 0) is 19.8 Å². The van der Waals surface area contributed by atoms with Crippen molar-refractivity contribution in [1.29, 1.82) is 5.26 Å². The fraction of sp³-hybridized carbons (Fsp3) is 0.688. The van der Waals surface area contributed by atoms with Crippen molar-refractivity contribution >= 4 is 7.82 Å². The SMILES string of the molecule is C[C@@]1(C#N)[C@@H]2OP(=O)(OC3CCCC3)OC[C@H]2O[C@H]1n1ccc(=O)[nH]c1=O. The Hall–Kier alpha value is -1.76. The number of nitriles is 1. The lowest BCUT2D eigenvalue weighted by Gasteiger charge is -2.35. The zero-order chi connectivity index (χ0) is 19.2. The highest BCUT2D eigenvalue weighted by Gasteiger charge is 2.61. The predicted molar refractivity (Wildman–Crippen MR) is 90.7 cm³/mol. The van der Waals surface area contributed by atoms with Crippen molar-refractivity contribution in [2.75, 3.05) is 6.61 Å². The van der Waals surface area contributed by atoms with Crippen LogP contribution in [0.15, 0.2) is 21.9 Å². The number of fused-ring (bicyclic) bond motifs is 1. The second kappa shape index (κ2) is 6.69. The van der Waals surface area contributed by atoms with Crippen molar-refractivity contribution in [1.82, 2.24) is 9.55 Å². The molecular weight excluding hydrogens is 377 g/mol. The number of aromatic nitrogens is 2. The number of nitrogens with zero attached hydrogens (tertiary/aromatic N) is 2. The van der Waals surface area contributed by atoms with E-state index < -0.39 is 42.9 Å². The Morgan fingerprint density at radius 1 is 1.41 bits per heavy atom. The Morgan fingerprint density at radius 2 is 2.15 bits per heavy atom. The van der Waals surface area contributed by atoms with E-state index in [4.69, 9.17) is 18.3 Å². The summed E-state index contributed by atoms with van der Waals surface area (Å²) in [5.41, 5.74) is -2.61. The average molecular weight is 397 g/mol. The number of hydrogen-bond donors (Lipinski definition) is 1. The van der Waals surface area contributed by atoms with Crippen molar-refractivity contribution in [3.8, 4) is 6.07 Å². The molecule has 4 rings (SSSR count). The number of rotatable bonds is 3. The molecule has 1 N–H and O–H groups in total. The molecule has 0 spiro atoms. The maximum absolute atomic E-state index is 12.9. The van der Waals surface area contributed by atoms with Gasteiger partial charge in [0.05, 0.1) is 18.8 Å². The smallest absolute Gasteiger partial charge is 0.348 e. The number of phosphoric ester groups is 1. The van der Waals surface area contributed by atoms with Gasteiger partial charge in [-0.3, -0.25) is 27.9 Å². The number of hydrogen-bond acceptors (Lipinski definition) is 8. The minimum absolute atomic E-state index is 0.0828. The molecular formula is C16H20N3O7P. The zero-order valence-electron chi connectivity index (χ0n) is 14.7. The van der Waals surface area contributed by atoms with E-state index in [2.05, 4.69) is 11.1 Å². The second-order valence-electron chi connectivity index (χ2n) is 7.22. The molecule has 3 heterocycles. The lowest BCUT2D eigenvalue weighted by atomic mass is 9.84. The summed E-state index contributed by atoms with van der Waals surface area (Å²) in [6.07, 6.45) is 1.97. The maximum Gasteiger partial charge on any atom is 0.475 e. The van der Waals surface area contributed by atoms with Gasteiger partial charge < -0.3 is 4.74 Å². The minimum Gasteiger partial charge on any atom is -0.348 e. The van der Waals surface area contributed by atoms with Crippen molar-refractivity contribution in [3.63, 3.8) is 0 Å². The van der Waals surface area contributed by atoms with Gasteiger partial charge in [0, 0.05) is 12.3 Å². The van der Waals surface area contributed by atoms with Gasteiger partial charge in [0.2, 0.25) is 0 Å². The van der Waals surface area contributed by atoms with Crippen LogP contribution in [0.5, 0.6) is 0 Å². The molecule has 0 amide bonds. The summed E-state index contributed by atoms with van der Waals surface area (Å²) in [4.78, 5) is 25.6. The van der Waals surface area contributed by atoms with Crippen LogP contribution in [-0.4, -0.2) is 34.5 Å². The van der Waals surface area contributed by atoms with Crippen LogP contribution in [0.1, 0.15) is 38.8 Å². The summed E-state index contributed by atoms with van der Waals surface area (Å²) in [7, 11) is -3.84. The highest BCUT2D eigenvalue weighted by atomic mass is 31.2. The highest BCUT2D eigenvalue weighted by Crippen LogP contribution is 2.61.